The number of pyridine rings is 1. The molecule has 0 saturated carbocycles. The second-order valence-electron chi connectivity index (χ2n) is 7.41. The Morgan fingerprint density at radius 1 is 1.20 bits per heavy atom. The van der Waals surface area contributed by atoms with E-state index in [0.717, 1.165) is 31.0 Å². The zero-order valence-electron chi connectivity index (χ0n) is 15.4. The molecule has 2 heterocycles. The highest BCUT2D eigenvalue weighted by Gasteiger charge is 2.25. The Hall–Kier alpha value is -1.91. The van der Waals surface area contributed by atoms with Crippen LogP contribution in [-0.4, -0.2) is 29.0 Å². The van der Waals surface area contributed by atoms with Crippen molar-refractivity contribution in [2.45, 2.75) is 45.3 Å². The number of nitrogen functional groups attached to an aromatic ring is 1. The Labute approximate surface area is 151 Å². The van der Waals surface area contributed by atoms with Gasteiger partial charge in [0.05, 0.1) is 5.69 Å². The summed E-state index contributed by atoms with van der Waals surface area (Å²) in [6, 6.07) is 15.2. The molecule has 0 aliphatic carbocycles. The largest absolute Gasteiger partial charge is 0.398 e. The van der Waals surface area contributed by atoms with Gasteiger partial charge >= 0.3 is 0 Å². The van der Waals surface area contributed by atoms with Crippen LogP contribution in [0, 0.1) is 5.92 Å². The van der Waals surface area contributed by atoms with Crippen LogP contribution in [0.15, 0.2) is 48.7 Å². The predicted octanol–water partition coefficient (Wildman–Crippen LogP) is 3.62. The lowest BCUT2D eigenvalue weighted by atomic mass is 9.92. The number of likely N-dealkylation sites (tertiary alicyclic amines) is 1. The topological polar surface area (TPSA) is 54.2 Å². The number of hydrogen-bond acceptors (Lipinski definition) is 4. The quantitative estimate of drug-likeness (QED) is 0.790. The Balaban J connectivity index is 1.65. The fraction of sp³-hybridized carbons (Fsp3) is 0.476. The van der Waals surface area contributed by atoms with Crippen LogP contribution in [0.4, 0.5) is 5.69 Å². The molecule has 2 atom stereocenters. The van der Waals surface area contributed by atoms with Gasteiger partial charge in [0, 0.05) is 37.1 Å². The van der Waals surface area contributed by atoms with E-state index < -0.39 is 0 Å². The van der Waals surface area contributed by atoms with E-state index in [0.29, 0.717) is 18.0 Å². The normalized spacial score (nSPS) is 19.9. The molecule has 1 aromatic heterocycles. The van der Waals surface area contributed by atoms with Gasteiger partial charge in [-0.05, 0) is 49.1 Å². The maximum Gasteiger partial charge on any atom is 0.0543 e. The first-order valence-electron chi connectivity index (χ1n) is 9.36. The number of piperidine rings is 1. The zero-order valence-corrected chi connectivity index (χ0v) is 15.4. The van der Waals surface area contributed by atoms with Crippen molar-refractivity contribution < 1.29 is 0 Å². The molecule has 2 aromatic rings. The number of nitrogens with one attached hydrogen (secondary N) is 1. The highest BCUT2D eigenvalue weighted by atomic mass is 15.2. The Bertz CT molecular complexity index is 656. The van der Waals surface area contributed by atoms with Gasteiger partial charge in [-0.25, -0.2) is 0 Å². The van der Waals surface area contributed by atoms with Crippen LogP contribution in [0.5, 0.6) is 0 Å². The average molecular weight is 338 g/mol. The minimum atomic E-state index is 0.293. The number of rotatable bonds is 6. The van der Waals surface area contributed by atoms with Gasteiger partial charge < -0.3 is 11.1 Å². The summed E-state index contributed by atoms with van der Waals surface area (Å²) >= 11 is 0. The van der Waals surface area contributed by atoms with Crippen molar-refractivity contribution in [3.8, 4) is 0 Å². The summed E-state index contributed by atoms with van der Waals surface area (Å²) in [6.07, 6.45) is 4.32. The molecule has 0 spiro atoms. The van der Waals surface area contributed by atoms with Gasteiger partial charge in [-0.15, -0.1) is 0 Å². The van der Waals surface area contributed by atoms with Crippen molar-refractivity contribution in [2.24, 2.45) is 5.92 Å². The first kappa shape index (κ1) is 17.9. The van der Waals surface area contributed by atoms with E-state index in [4.69, 9.17) is 5.73 Å². The monoisotopic (exact) mass is 338 g/mol. The fourth-order valence-electron chi connectivity index (χ4n) is 3.75. The summed E-state index contributed by atoms with van der Waals surface area (Å²) in [7, 11) is 0. The van der Waals surface area contributed by atoms with Gasteiger partial charge in [0.2, 0.25) is 0 Å². The SMILES string of the molecule is CC(C)C(NC1CCCN(Cc2ccccn2)C1)c1ccccc1N. The summed E-state index contributed by atoms with van der Waals surface area (Å²) in [5.74, 6) is 0.496. The van der Waals surface area contributed by atoms with Gasteiger partial charge in [-0.1, -0.05) is 38.1 Å². The summed E-state index contributed by atoms with van der Waals surface area (Å²) in [6.45, 7) is 7.66. The summed E-state index contributed by atoms with van der Waals surface area (Å²) < 4.78 is 0. The number of benzene rings is 1. The van der Waals surface area contributed by atoms with Crippen molar-refractivity contribution in [3.05, 3.63) is 59.9 Å². The van der Waals surface area contributed by atoms with E-state index in [2.05, 4.69) is 53.3 Å². The lowest BCUT2D eigenvalue weighted by Gasteiger charge is -2.36. The molecule has 1 aromatic carbocycles. The smallest absolute Gasteiger partial charge is 0.0543 e. The van der Waals surface area contributed by atoms with E-state index in [1.807, 2.05) is 24.4 Å². The third kappa shape index (κ3) is 4.80. The molecule has 4 nitrogen and oxygen atoms in total. The van der Waals surface area contributed by atoms with E-state index >= 15 is 0 Å². The van der Waals surface area contributed by atoms with Crippen LogP contribution in [0.1, 0.15) is 44.0 Å². The fourth-order valence-corrected chi connectivity index (χ4v) is 3.75. The molecular weight excluding hydrogens is 308 g/mol. The number of nitrogens with two attached hydrogens (primary N) is 1. The van der Waals surface area contributed by atoms with E-state index in [-0.39, 0.29) is 0 Å². The molecule has 1 fully saturated rings. The van der Waals surface area contributed by atoms with Gasteiger partial charge in [0.1, 0.15) is 0 Å². The van der Waals surface area contributed by atoms with Crippen LogP contribution in [0.3, 0.4) is 0 Å². The van der Waals surface area contributed by atoms with Gasteiger partial charge in [0.25, 0.3) is 0 Å². The average Bonchev–Trinajstić information content (AvgIpc) is 2.61. The summed E-state index contributed by atoms with van der Waals surface area (Å²) in [5.41, 5.74) is 9.49. The van der Waals surface area contributed by atoms with Crippen molar-refractivity contribution >= 4 is 5.69 Å². The Kier molecular flexibility index (Phi) is 6.05. The lowest BCUT2D eigenvalue weighted by molar-refractivity contribution is 0.168. The second kappa shape index (κ2) is 8.45. The summed E-state index contributed by atoms with van der Waals surface area (Å²) in [5, 5.41) is 3.89. The van der Waals surface area contributed by atoms with E-state index in [9.17, 15) is 0 Å². The van der Waals surface area contributed by atoms with Crippen LogP contribution in [0.25, 0.3) is 0 Å². The number of aromatic nitrogens is 1. The summed E-state index contributed by atoms with van der Waals surface area (Å²) in [4.78, 5) is 6.98. The number of nitrogens with zero attached hydrogens (tertiary/aromatic N) is 2. The van der Waals surface area contributed by atoms with Crippen molar-refractivity contribution in [3.63, 3.8) is 0 Å². The highest BCUT2D eigenvalue weighted by molar-refractivity contribution is 5.48. The second-order valence-corrected chi connectivity index (χ2v) is 7.41. The maximum atomic E-state index is 6.24. The number of para-hydroxylation sites is 1. The van der Waals surface area contributed by atoms with Crippen LogP contribution >= 0.6 is 0 Å². The van der Waals surface area contributed by atoms with Gasteiger partial charge in [-0.2, -0.15) is 0 Å². The molecule has 1 aliphatic rings. The Morgan fingerprint density at radius 2 is 2.00 bits per heavy atom. The molecule has 25 heavy (non-hydrogen) atoms. The zero-order chi connectivity index (χ0) is 17.6. The van der Waals surface area contributed by atoms with Gasteiger partial charge in [0.15, 0.2) is 0 Å². The third-order valence-electron chi connectivity index (χ3n) is 5.03. The third-order valence-corrected chi connectivity index (χ3v) is 5.03. The molecular formula is C21H30N4. The Morgan fingerprint density at radius 3 is 2.72 bits per heavy atom. The van der Waals surface area contributed by atoms with Crippen LogP contribution in [-0.2, 0) is 6.54 Å². The highest BCUT2D eigenvalue weighted by Crippen LogP contribution is 2.28. The van der Waals surface area contributed by atoms with Crippen molar-refractivity contribution in [1.82, 2.24) is 15.2 Å². The number of hydrogen-bond donors (Lipinski definition) is 2. The minimum Gasteiger partial charge on any atom is -0.398 e. The van der Waals surface area contributed by atoms with Gasteiger partial charge in [-0.3, -0.25) is 9.88 Å². The van der Waals surface area contributed by atoms with Crippen molar-refractivity contribution in [2.75, 3.05) is 18.8 Å². The number of anilines is 1. The molecule has 0 amide bonds. The molecule has 2 unspecified atom stereocenters. The molecule has 0 bridgehead atoms. The minimum absolute atomic E-state index is 0.293. The lowest BCUT2D eigenvalue weighted by Crippen LogP contribution is -2.47. The van der Waals surface area contributed by atoms with Crippen LogP contribution in [0.2, 0.25) is 0 Å². The molecule has 134 valence electrons. The van der Waals surface area contributed by atoms with E-state index in [1.165, 1.54) is 18.4 Å². The molecule has 1 aliphatic heterocycles. The molecule has 3 rings (SSSR count). The molecule has 3 N–H and O–H groups in total. The molecule has 1 saturated heterocycles. The first-order valence-corrected chi connectivity index (χ1v) is 9.36. The molecule has 4 heteroatoms. The maximum absolute atomic E-state index is 6.24. The standard InChI is InChI=1S/C21H30N4/c1-16(2)21(19-10-3-4-11-20(19)22)24-18-9-7-13-25(15-18)14-17-8-5-6-12-23-17/h3-6,8,10-12,16,18,21,24H,7,9,13-15,22H2,1-2H3. The predicted molar refractivity (Wildman–Crippen MR) is 104 cm³/mol. The van der Waals surface area contributed by atoms with Crippen LogP contribution < -0.4 is 11.1 Å². The van der Waals surface area contributed by atoms with E-state index in [1.54, 1.807) is 0 Å². The first-order chi connectivity index (χ1) is 12.1. The van der Waals surface area contributed by atoms with Crippen molar-refractivity contribution in [1.29, 1.82) is 0 Å². The molecule has 0 radical (unpaired) electrons.